The van der Waals surface area contributed by atoms with Gasteiger partial charge in [-0.1, -0.05) is 12.8 Å². The Labute approximate surface area is 142 Å². The summed E-state index contributed by atoms with van der Waals surface area (Å²) in [7, 11) is 4.66. The number of carbonyl (C=O) groups excluding carboxylic acids is 1. The zero-order valence-electron chi connectivity index (χ0n) is 14.5. The Bertz CT molecular complexity index is 576. The third-order valence-electron chi connectivity index (χ3n) is 4.90. The van der Waals surface area contributed by atoms with Crippen LogP contribution in [0.2, 0.25) is 0 Å². The van der Waals surface area contributed by atoms with E-state index >= 15 is 0 Å². The van der Waals surface area contributed by atoms with Crippen LogP contribution in [-0.2, 0) is 4.74 Å². The molecule has 0 unspecified atom stereocenters. The van der Waals surface area contributed by atoms with Crippen LogP contribution in [0.25, 0.3) is 0 Å². The van der Waals surface area contributed by atoms with E-state index in [9.17, 15) is 4.79 Å². The Hall–Kier alpha value is -1.95. The lowest BCUT2D eigenvalue weighted by Gasteiger charge is -2.43. The minimum absolute atomic E-state index is 0.00514. The second kappa shape index (κ2) is 7.30. The number of carbonyl (C=O) groups is 1. The zero-order chi connectivity index (χ0) is 17.1. The molecule has 1 aromatic carbocycles. The van der Waals surface area contributed by atoms with E-state index < -0.39 is 0 Å². The molecule has 1 amide bonds. The van der Waals surface area contributed by atoms with Gasteiger partial charge in [-0.2, -0.15) is 0 Å². The Balaban J connectivity index is 1.91. The van der Waals surface area contributed by atoms with E-state index in [0.29, 0.717) is 36.0 Å². The van der Waals surface area contributed by atoms with Gasteiger partial charge in [0.25, 0.3) is 5.91 Å². The van der Waals surface area contributed by atoms with Crippen LogP contribution in [0.4, 0.5) is 0 Å². The smallest absolute Gasteiger partial charge is 0.254 e. The van der Waals surface area contributed by atoms with Crippen LogP contribution in [0.5, 0.6) is 17.2 Å². The van der Waals surface area contributed by atoms with Gasteiger partial charge in [-0.05, 0) is 25.0 Å². The third-order valence-corrected chi connectivity index (χ3v) is 4.90. The highest BCUT2D eigenvalue weighted by molar-refractivity contribution is 5.96. The number of hydrogen-bond donors (Lipinski definition) is 0. The summed E-state index contributed by atoms with van der Waals surface area (Å²) < 4.78 is 21.9. The van der Waals surface area contributed by atoms with Crippen molar-refractivity contribution in [2.24, 2.45) is 0 Å². The lowest BCUT2D eigenvalue weighted by molar-refractivity contribution is -0.0752. The largest absolute Gasteiger partial charge is 0.493 e. The molecule has 0 N–H and O–H groups in total. The van der Waals surface area contributed by atoms with Crippen LogP contribution in [0.3, 0.4) is 0 Å². The molecule has 6 heteroatoms. The van der Waals surface area contributed by atoms with Crippen molar-refractivity contribution in [3.63, 3.8) is 0 Å². The average molecular weight is 335 g/mol. The number of methoxy groups -OCH3 is 3. The number of ether oxygens (including phenoxy) is 4. The van der Waals surface area contributed by atoms with Gasteiger partial charge in [-0.25, -0.2) is 0 Å². The van der Waals surface area contributed by atoms with E-state index in [-0.39, 0.29) is 18.1 Å². The number of morpholine rings is 1. The highest BCUT2D eigenvalue weighted by Crippen LogP contribution is 2.39. The zero-order valence-corrected chi connectivity index (χ0v) is 14.5. The molecule has 2 atom stereocenters. The van der Waals surface area contributed by atoms with Crippen molar-refractivity contribution >= 4 is 5.91 Å². The highest BCUT2D eigenvalue weighted by Gasteiger charge is 2.37. The molecule has 0 bridgehead atoms. The lowest BCUT2D eigenvalue weighted by Crippen LogP contribution is -2.54. The van der Waals surface area contributed by atoms with Gasteiger partial charge in [0.05, 0.1) is 40.1 Å². The summed E-state index contributed by atoms with van der Waals surface area (Å²) >= 11 is 0. The molecule has 0 radical (unpaired) electrons. The minimum Gasteiger partial charge on any atom is -0.493 e. The van der Waals surface area contributed by atoms with Gasteiger partial charge in [0.15, 0.2) is 11.5 Å². The average Bonchev–Trinajstić information content (AvgIpc) is 2.65. The Morgan fingerprint density at radius 2 is 1.75 bits per heavy atom. The first kappa shape index (κ1) is 16.9. The number of hydrogen-bond acceptors (Lipinski definition) is 5. The molecule has 1 heterocycles. The van der Waals surface area contributed by atoms with Gasteiger partial charge >= 0.3 is 0 Å². The van der Waals surface area contributed by atoms with E-state index in [1.165, 1.54) is 6.42 Å². The molecule has 1 aliphatic carbocycles. The van der Waals surface area contributed by atoms with Gasteiger partial charge in [-0.3, -0.25) is 4.79 Å². The molecular formula is C18H25NO5. The van der Waals surface area contributed by atoms with Crippen LogP contribution in [0, 0.1) is 0 Å². The maximum absolute atomic E-state index is 13.1. The van der Waals surface area contributed by atoms with Crippen molar-refractivity contribution in [2.75, 3.05) is 34.5 Å². The van der Waals surface area contributed by atoms with Crippen LogP contribution in [0.15, 0.2) is 12.1 Å². The standard InChI is InChI=1S/C18H25NO5/c1-21-15-10-12(11-16(22-2)17(15)23-3)18(20)19-8-9-24-14-7-5-4-6-13(14)19/h10-11,13-14H,4-9H2,1-3H3/t13-,14+/m0/s1. The van der Waals surface area contributed by atoms with Crippen molar-refractivity contribution in [2.45, 2.75) is 37.8 Å². The predicted octanol–water partition coefficient (Wildman–Crippen LogP) is 2.50. The van der Waals surface area contributed by atoms with E-state index in [4.69, 9.17) is 18.9 Å². The number of fused-ring (bicyclic) bond motifs is 1. The Morgan fingerprint density at radius 1 is 1.08 bits per heavy atom. The fourth-order valence-corrected chi connectivity index (χ4v) is 3.72. The Morgan fingerprint density at radius 3 is 2.38 bits per heavy atom. The summed E-state index contributed by atoms with van der Waals surface area (Å²) in [6.07, 6.45) is 4.51. The molecule has 1 saturated heterocycles. The van der Waals surface area contributed by atoms with Crippen molar-refractivity contribution in [3.8, 4) is 17.2 Å². The normalized spacial score (nSPS) is 23.4. The minimum atomic E-state index is -0.00514. The molecule has 1 saturated carbocycles. The first-order valence-corrected chi connectivity index (χ1v) is 8.42. The number of amides is 1. The predicted molar refractivity (Wildman–Crippen MR) is 89.1 cm³/mol. The molecule has 2 fully saturated rings. The summed E-state index contributed by atoms with van der Waals surface area (Å²) in [5.41, 5.74) is 0.552. The summed E-state index contributed by atoms with van der Waals surface area (Å²) in [6.45, 7) is 1.22. The second-order valence-corrected chi connectivity index (χ2v) is 6.17. The van der Waals surface area contributed by atoms with Crippen LogP contribution < -0.4 is 14.2 Å². The fraction of sp³-hybridized carbons (Fsp3) is 0.611. The number of rotatable bonds is 4. The first-order chi connectivity index (χ1) is 11.7. The molecule has 1 aromatic rings. The van der Waals surface area contributed by atoms with Crippen molar-refractivity contribution < 1.29 is 23.7 Å². The lowest BCUT2D eigenvalue weighted by atomic mass is 9.89. The monoisotopic (exact) mass is 335 g/mol. The number of benzene rings is 1. The van der Waals surface area contributed by atoms with E-state index in [0.717, 1.165) is 19.3 Å². The van der Waals surface area contributed by atoms with Gasteiger partial charge in [0.2, 0.25) is 5.75 Å². The quantitative estimate of drug-likeness (QED) is 0.846. The topological polar surface area (TPSA) is 57.2 Å². The van der Waals surface area contributed by atoms with Crippen LogP contribution in [0.1, 0.15) is 36.0 Å². The van der Waals surface area contributed by atoms with Crippen LogP contribution >= 0.6 is 0 Å². The molecule has 1 aliphatic heterocycles. The molecule has 6 nitrogen and oxygen atoms in total. The maximum Gasteiger partial charge on any atom is 0.254 e. The summed E-state index contributed by atoms with van der Waals surface area (Å²) in [5, 5.41) is 0. The highest BCUT2D eigenvalue weighted by atomic mass is 16.5. The fourth-order valence-electron chi connectivity index (χ4n) is 3.72. The molecule has 3 rings (SSSR count). The van der Waals surface area contributed by atoms with Crippen molar-refractivity contribution in [1.82, 2.24) is 4.90 Å². The maximum atomic E-state index is 13.1. The Kier molecular flexibility index (Phi) is 5.14. The molecule has 132 valence electrons. The van der Waals surface area contributed by atoms with Crippen molar-refractivity contribution in [3.05, 3.63) is 17.7 Å². The van der Waals surface area contributed by atoms with E-state index in [1.807, 2.05) is 4.90 Å². The van der Waals surface area contributed by atoms with Gasteiger partial charge < -0.3 is 23.8 Å². The first-order valence-electron chi connectivity index (χ1n) is 8.42. The van der Waals surface area contributed by atoms with Crippen LogP contribution in [-0.4, -0.2) is 57.4 Å². The van der Waals surface area contributed by atoms with Gasteiger partial charge in [0.1, 0.15) is 0 Å². The molecule has 0 spiro atoms. The SMILES string of the molecule is COc1cc(C(=O)N2CCO[C@@H]3CCCC[C@@H]32)cc(OC)c1OC. The van der Waals surface area contributed by atoms with Gasteiger partial charge in [0, 0.05) is 12.1 Å². The van der Waals surface area contributed by atoms with Gasteiger partial charge in [-0.15, -0.1) is 0 Å². The molecule has 24 heavy (non-hydrogen) atoms. The van der Waals surface area contributed by atoms with E-state index in [1.54, 1.807) is 33.5 Å². The third kappa shape index (κ3) is 3.02. The summed E-state index contributed by atoms with van der Waals surface area (Å²) in [4.78, 5) is 15.1. The number of nitrogens with zero attached hydrogens (tertiary/aromatic N) is 1. The molecule has 2 aliphatic rings. The summed E-state index contributed by atoms with van der Waals surface area (Å²) in [5.74, 6) is 1.48. The second-order valence-electron chi connectivity index (χ2n) is 6.17. The molecule has 0 aromatic heterocycles. The van der Waals surface area contributed by atoms with Crippen molar-refractivity contribution in [1.29, 1.82) is 0 Å². The van der Waals surface area contributed by atoms with E-state index in [2.05, 4.69) is 0 Å². The molecular weight excluding hydrogens is 310 g/mol. The summed E-state index contributed by atoms with van der Waals surface area (Å²) in [6, 6.07) is 3.60.